The second kappa shape index (κ2) is 4.74. The van der Waals surface area contributed by atoms with E-state index < -0.39 is 0 Å². The van der Waals surface area contributed by atoms with Crippen molar-refractivity contribution in [3.05, 3.63) is 34.3 Å². The molecule has 17 heavy (non-hydrogen) atoms. The molecule has 2 aliphatic carbocycles. The molecule has 2 fully saturated rings. The number of rotatable bonds is 3. The van der Waals surface area contributed by atoms with E-state index in [-0.39, 0.29) is 6.10 Å². The monoisotopic (exact) mass is 294 g/mol. The van der Waals surface area contributed by atoms with Crippen LogP contribution in [0.1, 0.15) is 31.2 Å². The first kappa shape index (κ1) is 11.7. The van der Waals surface area contributed by atoms with Gasteiger partial charge in [-0.15, -0.1) is 0 Å². The summed E-state index contributed by atoms with van der Waals surface area (Å²) < 4.78 is 1.11. The summed E-state index contributed by atoms with van der Waals surface area (Å²) in [6, 6.07) is 8.34. The molecule has 0 aromatic heterocycles. The summed E-state index contributed by atoms with van der Waals surface area (Å²) in [4.78, 5) is 0. The minimum Gasteiger partial charge on any atom is -0.392 e. The molecule has 92 valence electrons. The van der Waals surface area contributed by atoms with Crippen LogP contribution in [0.15, 0.2) is 28.7 Å². The largest absolute Gasteiger partial charge is 0.392 e. The van der Waals surface area contributed by atoms with Gasteiger partial charge in [-0.25, -0.2) is 0 Å². The highest BCUT2D eigenvalue weighted by atomic mass is 79.9. The zero-order valence-corrected chi connectivity index (χ0v) is 11.6. The van der Waals surface area contributed by atoms with Crippen molar-refractivity contribution in [3.63, 3.8) is 0 Å². The first-order chi connectivity index (χ1) is 8.25. The van der Waals surface area contributed by atoms with Crippen LogP contribution in [0.5, 0.6) is 0 Å². The normalized spacial score (nSPS) is 32.9. The summed E-state index contributed by atoms with van der Waals surface area (Å²) in [7, 11) is 0. The third-order valence-corrected chi connectivity index (χ3v) is 5.05. The van der Waals surface area contributed by atoms with Crippen LogP contribution in [0.3, 0.4) is 0 Å². The van der Waals surface area contributed by atoms with Gasteiger partial charge in [0.1, 0.15) is 0 Å². The zero-order valence-electron chi connectivity index (χ0n) is 9.98. The smallest absolute Gasteiger partial charge is 0.0614 e. The van der Waals surface area contributed by atoms with Crippen LogP contribution >= 0.6 is 15.9 Å². The molecule has 0 heterocycles. The molecule has 1 N–H and O–H groups in total. The van der Waals surface area contributed by atoms with Crippen molar-refractivity contribution in [2.75, 3.05) is 0 Å². The van der Waals surface area contributed by atoms with Gasteiger partial charge in [-0.3, -0.25) is 0 Å². The van der Waals surface area contributed by atoms with Gasteiger partial charge >= 0.3 is 0 Å². The molecule has 2 saturated carbocycles. The average molecular weight is 295 g/mol. The summed E-state index contributed by atoms with van der Waals surface area (Å²) in [6.07, 6.45) is 6.17. The van der Waals surface area contributed by atoms with Gasteiger partial charge in [-0.2, -0.15) is 0 Å². The van der Waals surface area contributed by atoms with E-state index in [0.717, 1.165) is 22.7 Å². The molecule has 3 atom stereocenters. The van der Waals surface area contributed by atoms with Crippen LogP contribution < -0.4 is 0 Å². The van der Waals surface area contributed by atoms with Gasteiger partial charge in [-0.05, 0) is 54.7 Å². The van der Waals surface area contributed by atoms with Crippen molar-refractivity contribution >= 4 is 15.9 Å². The Morgan fingerprint density at radius 2 is 1.71 bits per heavy atom. The van der Waals surface area contributed by atoms with Gasteiger partial charge in [0.25, 0.3) is 0 Å². The Morgan fingerprint density at radius 3 is 2.29 bits per heavy atom. The Kier molecular flexibility index (Phi) is 3.27. The Bertz CT molecular complexity index is 374. The highest BCUT2D eigenvalue weighted by molar-refractivity contribution is 9.10. The summed E-state index contributed by atoms with van der Waals surface area (Å²) in [6.45, 7) is 0. The van der Waals surface area contributed by atoms with Crippen LogP contribution in [0.25, 0.3) is 0 Å². The number of hydrogen-bond acceptors (Lipinski definition) is 1. The third-order valence-electron chi connectivity index (χ3n) is 4.53. The fourth-order valence-corrected chi connectivity index (χ4v) is 3.88. The van der Waals surface area contributed by atoms with E-state index in [4.69, 9.17) is 0 Å². The fourth-order valence-electron chi connectivity index (χ4n) is 3.62. The Balaban J connectivity index is 1.60. The molecule has 1 aromatic carbocycles. The van der Waals surface area contributed by atoms with Gasteiger partial charge in [0.15, 0.2) is 0 Å². The SMILES string of the molecule is OC(Cc1ccc(Br)cc1)C1C2CCCCC21. The van der Waals surface area contributed by atoms with E-state index in [1.54, 1.807) is 0 Å². The molecule has 3 rings (SSSR count). The van der Waals surface area contributed by atoms with Crippen molar-refractivity contribution < 1.29 is 5.11 Å². The highest BCUT2D eigenvalue weighted by Gasteiger charge is 2.53. The second-order valence-electron chi connectivity index (χ2n) is 5.59. The molecule has 0 bridgehead atoms. The predicted octanol–water partition coefficient (Wildman–Crippen LogP) is 3.79. The number of benzene rings is 1. The topological polar surface area (TPSA) is 20.2 Å². The predicted molar refractivity (Wildman–Crippen MR) is 72.8 cm³/mol. The first-order valence-corrected chi connectivity index (χ1v) is 7.47. The molecule has 2 aliphatic rings. The standard InChI is InChI=1S/C15H19BrO/c16-11-7-5-10(6-8-11)9-14(17)15-12-3-1-2-4-13(12)15/h5-8,12-15,17H,1-4,9H2. The summed E-state index contributed by atoms with van der Waals surface area (Å²) in [5.74, 6) is 2.28. The summed E-state index contributed by atoms with van der Waals surface area (Å²) in [5.41, 5.74) is 1.25. The molecule has 0 amide bonds. The number of halogens is 1. The van der Waals surface area contributed by atoms with Crippen LogP contribution in [-0.4, -0.2) is 11.2 Å². The van der Waals surface area contributed by atoms with Crippen LogP contribution in [0.4, 0.5) is 0 Å². The molecular weight excluding hydrogens is 276 g/mol. The molecule has 1 nitrogen and oxygen atoms in total. The minimum absolute atomic E-state index is 0.121. The van der Waals surface area contributed by atoms with E-state index >= 15 is 0 Å². The quantitative estimate of drug-likeness (QED) is 0.899. The van der Waals surface area contributed by atoms with Gasteiger partial charge in [0.2, 0.25) is 0 Å². The molecule has 3 unspecified atom stereocenters. The molecule has 0 saturated heterocycles. The van der Waals surface area contributed by atoms with Crippen molar-refractivity contribution in [2.24, 2.45) is 17.8 Å². The maximum Gasteiger partial charge on any atom is 0.0614 e. The molecule has 1 aromatic rings. The maximum absolute atomic E-state index is 10.3. The number of hydrogen-bond donors (Lipinski definition) is 1. The van der Waals surface area contributed by atoms with Gasteiger partial charge in [0.05, 0.1) is 6.10 Å². The summed E-state index contributed by atoms with van der Waals surface area (Å²) >= 11 is 3.44. The summed E-state index contributed by atoms with van der Waals surface area (Å²) in [5, 5.41) is 10.3. The van der Waals surface area contributed by atoms with E-state index in [2.05, 4.69) is 40.2 Å². The van der Waals surface area contributed by atoms with Crippen LogP contribution in [0.2, 0.25) is 0 Å². The lowest BCUT2D eigenvalue weighted by molar-refractivity contribution is 0.140. The van der Waals surface area contributed by atoms with Gasteiger partial charge < -0.3 is 5.11 Å². The Hall–Kier alpha value is -0.340. The van der Waals surface area contributed by atoms with Crippen molar-refractivity contribution in [2.45, 2.75) is 38.2 Å². The molecule has 0 radical (unpaired) electrons. The Morgan fingerprint density at radius 1 is 1.12 bits per heavy atom. The Labute approximate surface area is 111 Å². The van der Waals surface area contributed by atoms with E-state index in [1.807, 2.05) is 0 Å². The molecule has 2 heteroatoms. The molecule has 0 aliphatic heterocycles. The van der Waals surface area contributed by atoms with Gasteiger partial charge in [0, 0.05) is 4.47 Å². The number of aliphatic hydroxyl groups excluding tert-OH is 1. The first-order valence-electron chi connectivity index (χ1n) is 6.68. The molecular formula is C15H19BrO. The third kappa shape index (κ3) is 2.43. The lowest BCUT2D eigenvalue weighted by Gasteiger charge is -2.10. The maximum atomic E-state index is 10.3. The van der Waals surface area contributed by atoms with E-state index in [9.17, 15) is 5.11 Å². The van der Waals surface area contributed by atoms with Crippen LogP contribution in [0, 0.1) is 17.8 Å². The zero-order chi connectivity index (χ0) is 11.8. The van der Waals surface area contributed by atoms with E-state index in [0.29, 0.717) is 5.92 Å². The lowest BCUT2D eigenvalue weighted by Crippen LogP contribution is -2.15. The number of aliphatic hydroxyl groups is 1. The van der Waals surface area contributed by atoms with Crippen molar-refractivity contribution in [3.8, 4) is 0 Å². The highest BCUT2D eigenvalue weighted by Crippen LogP contribution is 2.57. The fraction of sp³-hybridized carbons (Fsp3) is 0.600. The minimum atomic E-state index is -0.121. The van der Waals surface area contributed by atoms with Crippen molar-refractivity contribution in [1.29, 1.82) is 0 Å². The lowest BCUT2D eigenvalue weighted by atomic mass is 10.0. The second-order valence-corrected chi connectivity index (χ2v) is 6.50. The van der Waals surface area contributed by atoms with Gasteiger partial charge in [-0.1, -0.05) is 40.9 Å². The van der Waals surface area contributed by atoms with Crippen molar-refractivity contribution in [1.82, 2.24) is 0 Å². The molecule has 0 spiro atoms. The van der Waals surface area contributed by atoms with E-state index in [1.165, 1.54) is 31.2 Å². The van der Waals surface area contributed by atoms with Crippen LogP contribution in [-0.2, 0) is 6.42 Å². The average Bonchev–Trinajstić information content (AvgIpc) is 3.06. The number of fused-ring (bicyclic) bond motifs is 1.